The first-order valence-electron chi connectivity index (χ1n) is 3.44. The van der Waals surface area contributed by atoms with Crippen molar-refractivity contribution < 1.29 is 36.2 Å². The standard InChI is InChI=1S/C4H6O2.2CH4O3S/c5-3-1-2-4-6;2*1-5(2,3)4/h5-6H,3-4H2;2*1H3,(H,2,3,4). The van der Waals surface area contributed by atoms with Crippen molar-refractivity contribution in [3.8, 4) is 11.8 Å². The molecule has 0 saturated carbocycles. The first kappa shape index (κ1) is 20.7. The van der Waals surface area contributed by atoms with E-state index < -0.39 is 20.2 Å². The zero-order valence-electron chi connectivity index (χ0n) is 8.65. The van der Waals surface area contributed by atoms with Crippen LogP contribution in [0, 0.1) is 11.8 Å². The van der Waals surface area contributed by atoms with Crippen molar-refractivity contribution >= 4 is 20.2 Å². The van der Waals surface area contributed by atoms with E-state index in [4.69, 9.17) is 19.3 Å². The molecule has 0 atom stereocenters. The summed E-state index contributed by atoms with van der Waals surface area (Å²) in [4.78, 5) is 0. The molecule has 16 heavy (non-hydrogen) atoms. The molecule has 0 saturated heterocycles. The van der Waals surface area contributed by atoms with Crippen LogP contribution >= 0.6 is 0 Å². The summed E-state index contributed by atoms with van der Waals surface area (Å²) in [5.74, 6) is 4.51. The second-order valence-electron chi connectivity index (χ2n) is 2.14. The molecule has 0 fully saturated rings. The van der Waals surface area contributed by atoms with Crippen LogP contribution in [0.2, 0.25) is 0 Å². The monoisotopic (exact) mass is 278 g/mol. The summed E-state index contributed by atoms with van der Waals surface area (Å²) in [7, 11) is -7.33. The Morgan fingerprint density at radius 2 is 0.938 bits per heavy atom. The lowest BCUT2D eigenvalue weighted by Crippen LogP contribution is -1.88. The molecule has 0 amide bonds. The van der Waals surface area contributed by atoms with Crippen molar-refractivity contribution in [3.05, 3.63) is 0 Å². The Morgan fingerprint density at radius 1 is 0.812 bits per heavy atom. The Balaban J connectivity index is -0.000000160. The quantitative estimate of drug-likeness (QED) is 0.293. The first-order chi connectivity index (χ1) is 6.91. The maximum absolute atomic E-state index is 9.19. The number of hydrogen-bond donors (Lipinski definition) is 4. The van der Waals surface area contributed by atoms with Crippen LogP contribution in [0.3, 0.4) is 0 Å². The van der Waals surface area contributed by atoms with Crippen molar-refractivity contribution in [2.75, 3.05) is 25.7 Å². The molecule has 8 nitrogen and oxygen atoms in total. The van der Waals surface area contributed by atoms with E-state index in [-0.39, 0.29) is 13.2 Å². The number of aliphatic hydroxyl groups is 2. The SMILES string of the molecule is CS(=O)(=O)O.CS(=O)(=O)O.OCC#CCO. The molecular weight excluding hydrogens is 264 g/mol. The predicted molar refractivity (Wildman–Crippen MR) is 56.9 cm³/mol. The summed E-state index contributed by atoms with van der Waals surface area (Å²) in [5.41, 5.74) is 0. The van der Waals surface area contributed by atoms with Gasteiger partial charge < -0.3 is 10.2 Å². The van der Waals surface area contributed by atoms with E-state index in [1.807, 2.05) is 0 Å². The summed E-state index contributed by atoms with van der Waals surface area (Å²) in [5, 5.41) is 15.8. The number of rotatable bonds is 0. The van der Waals surface area contributed by atoms with E-state index in [2.05, 4.69) is 11.8 Å². The Bertz CT molecular complexity index is 342. The molecule has 0 radical (unpaired) electrons. The smallest absolute Gasteiger partial charge is 0.261 e. The third-order valence-electron chi connectivity index (χ3n) is 0.283. The third kappa shape index (κ3) is 380. The molecule has 0 unspecified atom stereocenters. The molecule has 0 aliphatic rings. The van der Waals surface area contributed by atoms with Gasteiger partial charge in [0.25, 0.3) is 20.2 Å². The van der Waals surface area contributed by atoms with Crippen molar-refractivity contribution in [1.29, 1.82) is 0 Å². The second kappa shape index (κ2) is 10.8. The van der Waals surface area contributed by atoms with Crippen molar-refractivity contribution in [3.63, 3.8) is 0 Å². The summed E-state index contributed by atoms with van der Waals surface area (Å²) in [6, 6.07) is 0. The summed E-state index contributed by atoms with van der Waals surface area (Å²) < 4.78 is 51.7. The van der Waals surface area contributed by atoms with Crippen LogP contribution in [0.25, 0.3) is 0 Å². The highest BCUT2D eigenvalue weighted by Gasteiger charge is 1.82. The van der Waals surface area contributed by atoms with E-state index >= 15 is 0 Å². The molecule has 0 heterocycles. The van der Waals surface area contributed by atoms with Gasteiger partial charge in [-0.1, -0.05) is 11.8 Å². The molecule has 0 aliphatic heterocycles. The molecule has 10 heteroatoms. The van der Waals surface area contributed by atoms with Crippen LogP contribution in [0.5, 0.6) is 0 Å². The normalized spacial score (nSPS) is 9.62. The van der Waals surface area contributed by atoms with Crippen molar-refractivity contribution in [1.82, 2.24) is 0 Å². The minimum Gasteiger partial charge on any atom is -0.384 e. The van der Waals surface area contributed by atoms with Gasteiger partial charge in [0.1, 0.15) is 13.2 Å². The predicted octanol–water partition coefficient (Wildman–Crippen LogP) is -2.02. The van der Waals surface area contributed by atoms with E-state index in [9.17, 15) is 16.8 Å². The zero-order chi connectivity index (χ0) is 13.8. The first-order valence-corrected chi connectivity index (χ1v) is 7.13. The number of hydrogen-bond acceptors (Lipinski definition) is 6. The fourth-order valence-electron chi connectivity index (χ4n) is 0.112. The number of aliphatic hydroxyl groups excluding tert-OH is 2. The second-order valence-corrected chi connectivity index (χ2v) is 5.07. The maximum atomic E-state index is 9.19. The highest BCUT2D eigenvalue weighted by atomic mass is 32.2. The molecule has 0 rings (SSSR count). The average molecular weight is 278 g/mol. The highest BCUT2D eigenvalue weighted by Crippen LogP contribution is 1.61. The molecule has 0 aromatic heterocycles. The summed E-state index contributed by atoms with van der Waals surface area (Å²) in [6.07, 6.45) is 1.43. The fraction of sp³-hybridized carbons (Fsp3) is 0.667. The minimum atomic E-state index is -3.67. The van der Waals surface area contributed by atoms with E-state index in [0.29, 0.717) is 12.5 Å². The minimum absolute atomic E-state index is 0.166. The van der Waals surface area contributed by atoms with Crippen molar-refractivity contribution in [2.24, 2.45) is 0 Å². The van der Waals surface area contributed by atoms with Gasteiger partial charge in [-0.25, -0.2) is 0 Å². The van der Waals surface area contributed by atoms with Gasteiger partial charge in [-0.3, -0.25) is 9.11 Å². The third-order valence-corrected chi connectivity index (χ3v) is 0.283. The molecule has 0 spiro atoms. The molecule has 0 aromatic carbocycles. The van der Waals surface area contributed by atoms with Gasteiger partial charge in [0.2, 0.25) is 0 Å². The van der Waals surface area contributed by atoms with Gasteiger partial charge in [0.15, 0.2) is 0 Å². The highest BCUT2D eigenvalue weighted by molar-refractivity contribution is 7.85. The largest absolute Gasteiger partial charge is 0.384 e. The van der Waals surface area contributed by atoms with Gasteiger partial charge in [-0.15, -0.1) is 0 Å². The van der Waals surface area contributed by atoms with Gasteiger partial charge in [0, 0.05) is 0 Å². The summed E-state index contributed by atoms with van der Waals surface area (Å²) in [6.45, 7) is -0.332. The Hall–Kier alpha value is -0.700. The van der Waals surface area contributed by atoms with Crippen molar-refractivity contribution in [2.45, 2.75) is 0 Å². The van der Waals surface area contributed by atoms with Gasteiger partial charge in [-0.05, 0) is 0 Å². The van der Waals surface area contributed by atoms with Crippen LogP contribution in [-0.4, -0.2) is 61.9 Å². The van der Waals surface area contributed by atoms with Crippen LogP contribution in [-0.2, 0) is 20.2 Å². The average Bonchev–Trinajstić information content (AvgIpc) is 1.94. The van der Waals surface area contributed by atoms with E-state index in [0.717, 1.165) is 0 Å². The van der Waals surface area contributed by atoms with E-state index in [1.165, 1.54) is 0 Å². The van der Waals surface area contributed by atoms with Gasteiger partial charge in [0.05, 0.1) is 12.5 Å². The molecule has 0 aliphatic carbocycles. The zero-order valence-corrected chi connectivity index (χ0v) is 10.3. The molecule has 0 bridgehead atoms. The Morgan fingerprint density at radius 3 is 1.00 bits per heavy atom. The molecule has 4 N–H and O–H groups in total. The maximum Gasteiger partial charge on any atom is 0.261 e. The van der Waals surface area contributed by atoms with Gasteiger partial charge >= 0.3 is 0 Å². The Kier molecular flexibility index (Phi) is 14.0. The van der Waals surface area contributed by atoms with Crippen LogP contribution in [0.1, 0.15) is 0 Å². The van der Waals surface area contributed by atoms with Crippen LogP contribution in [0.4, 0.5) is 0 Å². The lowest BCUT2D eigenvalue weighted by Gasteiger charge is -1.69. The summed E-state index contributed by atoms with van der Waals surface area (Å²) >= 11 is 0. The molecule has 98 valence electrons. The van der Waals surface area contributed by atoms with Gasteiger partial charge in [-0.2, -0.15) is 16.8 Å². The van der Waals surface area contributed by atoms with E-state index in [1.54, 1.807) is 0 Å². The topological polar surface area (TPSA) is 149 Å². The lowest BCUT2D eigenvalue weighted by atomic mass is 10.6. The van der Waals surface area contributed by atoms with Crippen LogP contribution < -0.4 is 0 Å². The van der Waals surface area contributed by atoms with Crippen LogP contribution in [0.15, 0.2) is 0 Å². The fourth-order valence-corrected chi connectivity index (χ4v) is 0.112. The lowest BCUT2D eigenvalue weighted by molar-refractivity contribution is 0.342. The molecule has 0 aromatic rings. The Labute approximate surface area is 94.4 Å². The molecular formula is C6H14O8S2.